The molecule has 1 aromatic carbocycles. The van der Waals surface area contributed by atoms with E-state index >= 15 is 0 Å². The third-order valence-corrected chi connectivity index (χ3v) is 3.06. The van der Waals surface area contributed by atoms with E-state index in [0.717, 1.165) is 0 Å². The maximum Gasteiger partial charge on any atom is 0.323 e. The molecule has 12 heteroatoms. The van der Waals surface area contributed by atoms with Gasteiger partial charge in [-0.25, -0.2) is 9.59 Å². The van der Waals surface area contributed by atoms with E-state index in [1.165, 1.54) is 24.3 Å². The van der Waals surface area contributed by atoms with Gasteiger partial charge in [-0.05, 0) is 12.1 Å². The Labute approximate surface area is 148 Å². The molecule has 4 amide bonds. The molecule has 26 heavy (non-hydrogen) atoms. The minimum atomic E-state index is -1.16. The largest absolute Gasteiger partial charge is 0.480 e. The first kappa shape index (κ1) is 20.6. The molecule has 0 bridgehead atoms. The number of rotatable bonds is 4. The lowest BCUT2D eigenvalue weighted by atomic mass is 10.3. The summed E-state index contributed by atoms with van der Waals surface area (Å²) in [7, 11) is 0. The van der Waals surface area contributed by atoms with E-state index in [2.05, 4.69) is 10.6 Å². The number of carboxylic acids is 1. The Morgan fingerprint density at radius 2 is 1.81 bits per heavy atom. The number of nitro groups is 1. The molecule has 0 unspecified atom stereocenters. The number of benzene rings is 1. The van der Waals surface area contributed by atoms with Crippen molar-refractivity contribution in [2.24, 2.45) is 5.73 Å². The zero-order valence-corrected chi connectivity index (χ0v) is 13.7. The number of nitrogens with two attached hydrogens (primary N) is 1. The van der Waals surface area contributed by atoms with Gasteiger partial charge in [0.05, 0.1) is 18.1 Å². The molecule has 12 nitrogen and oxygen atoms in total. The number of primary amides is 1. The van der Waals surface area contributed by atoms with Crippen molar-refractivity contribution in [2.75, 3.05) is 38.2 Å². The molecule has 0 atom stereocenters. The summed E-state index contributed by atoms with van der Waals surface area (Å²) < 4.78 is 5.00. The number of urea groups is 2. The average Bonchev–Trinajstić information content (AvgIpc) is 2.61. The average molecular weight is 369 g/mol. The van der Waals surface area contributed by atoms with E-state index in [-0.39, 0.29) is 11.7 Å². The summed E-state index contributed by atoms with van der Waals surface area (Å²) in [5.41, 5.74) is 5.23. The van der Waals surface area contributed by atoms with Crippen molar-refractivity contribution in [3.8, 4) is 0 Å². The molecule has 0 aromatic heterocycles. The number of nitrogens with zero attached hydrogens (tertiary/aromatic N) is 2. The molecular formula is C14H19N5O7. The predicted molar refractivity (Wildman–Crippen MR) is 89.7 cm³/mol. The molecule has 0 spiro atoms. The quantitative estimate of drug-likeness (QED) is 0.432. The molecule has 0 saturated carbocycles. The van der Waals surface area contributed by atoms with E-state index in [4.69, 9.17) is 15.6 Å². The monoisotopic (exact) mass is 369 g/mol. The Morgan fingerprint density at radius 1 is 1.23 bits per heavy atom. The Kier molecular flexibility index (Phi) is 8.30. The number of non-ortho nitro benzene ring substituents is 1. The second kappa shape index (κ2) is 10.5. The normalized spacial score (nSPS) is 13.0. The van der Waals surface area contributed by atoms with Gasteiger partial charge in [-0.1, -0.05) is 0 Å². The van der Waals surface area contributed by atoms with Crippen molar-refractivity contribution in [1.82, 2.24) is 10.2 Å². The summed E-state index contributed by atoms with van der Waals surface area (Å²) in [6.45, 7) is 2.00. The smallest absolute Gasteiger partial charge is 0.323 e. The lowest BCUT2D eigenvalue weighted by Gasteiger charge is -2.24. The highest BCUT2D eigenvalue weighted by atomic mass is 16.6. The summed E-state index contributed by atoms with van der Waals surface area (Å²) in [5.74, 6) is -1.16. The van der Waals surface area contributed by atoms with Crippen molar-refractivity contribution < 1.29 is 29.2 Å². The summed E-state index contributed by atoms with van der Waals surface area (Å²) in [4.78, 5) is 43.1. The van der Waals surface area contributed by atoms with Gasteiger partial charge >= 0.3 is 18.0 Å². The molecule has 142 valence electrons. The fourth-order valence-corrected chi connectivity index (χ4v) is 1.78. The maximum atomic E-state index is 11.1. The van der Waals surface area contributed by atoms with Crippen LogP contribution in [-0.2, 0) is 9.53 Å². The third-order valence-electron chi connectivity index (χ3n) is 3.06. The highest BCUT2D eigenvalue weighted by Crippen LogP contribution is 2.14. The SMILES string of the molecule is NC(=O)N1CCOCC1.O=C(O)CNC(=O)Nc1ccc([N+](=O)[O-])cc1. The second-order valence-electron chi connectivity index (χ2n) is 4.94. The van der Waals surface area contributed by atoms with Crippen molar-refractivity contribution in [1.29, 1.82) is 0 Å². The van der Waals surface area contributed by atoms with Crippen LogP contribution in [0, 0.1) is 10.1 Å². The van der Waals surface area contributed by atoms with Crippen molar-refractivity contribution >= 4 is 29.4 Å². The maximum absolute atomic E-state index is 11.1. The number of morpholine rings is 1. The zero-order chi connectivity index (χ0) is 19.5. The molecule has 1 aliphatic rings. The van der Waals surface area contributed by atoms with Gasteiger partial charge < -0.3 is 31.1 Å². The van der Waals surface area contributed by atoms with Crippen LogP contribution in [0.2, 0.25) is 0 Å². The standard InChI is InChI=1S/C9H9N3O5.C5H10N2O2/c13-8(14)5-10-9(15)11-6-1-3-7(4-2-6)12(16)17;6-5(8)7-1-3-9-4-2-7/h1-4H,5H2,(H,13,14)(H2,10,11,15);1-4H2,(H2,6,8). The first-order valence-corrected chi connectivity index (χ1v) is 7.43. The molecular weight excluding hydrogens is 350 g/mol. The molecule has 5 N–H and O–H groups in total. The van der Waals surface area contributed by atoms with Crippen LogP contribution in [0.25, 0.3) is 0 Å². The van der Waals surface area contributed by atoms with Crippen LogP contribution in [-0.4, -0.2) is 65.8 Å². The number of nitrogens with one attached hydrogen (secondary N) is 2. The number of carbonyl (C=O) groups is 3. The van der Waals surface area contributed by atoms with Crippen LogP contribution in [0.15, 0.2) is 24.3 Å². The van der Waals surface area contributed by atoms with Gasteiger partial charge in [0.1, 0.15) is 6.54 Å². The molecule has 1 fully saturated rings. The second-order valence-corrected chi connectivity index (χ2v) is 4.94. The Hall–Kier alpha value is -3.41. The topological polar surface area (TPSA) is 177 Å². The summed E-state index contributed by atoms with van der Waals surface area (Å²) in [5, 5.41) is 23.1. The van der Waals surface area contributed by atoms with Gasteiger partial charge in [-0.3, -0.25) is 14.9 Å². The number of nitro benzene ring substituents is 1. The fourth-order valence-electron chi connectivity index (χ4n) is 1.78. The minimum Gasteiger partial charge on any atom is -0.480 e. The number of carboxylic acid groups (broad SMARTS) is 1. The van der Waals surface area contributed by atoms with Crippen LogP contribution < -0.4 is 16.4 Å². The van der Waals surface area contributed by atoms with Crippen LogP contribution in [0.3, 0.4) is 0 Å². The summed E-state index contributed by atoms with van der Waals surface area (Å²) >= 11 is 0. The van der Waals surface area contributed by atoms with Crippen LogP contribution in [0.1, 0.15) is 0 Å². The van der Waals surface area contributed by atoms with Gasteiger partial charge in [0.25, 0.3) is 5.69 Å². The Balaban J connectivity index is 0.000000314. The van der Waals surface area contributed by atoms with Gasteiger partial charge in [-0.2, -0.15) is 0 Å². The highest BCUT2D eigenvalue weighted by Gasteiger charge is 2.12. The molecule has 1 aliphatic heterocycles. The van der Waals surface area contributed by atoms with E-state index in [9.17, 15) is 24.5 Å². The van der Waals surface area contributed by atoms with E-state index < -0.39 is 23.5 Å². The Morgan fingerprint density at radius 3 is 2.23 bits per heavy atom. The van der Waals surface area contributed by atoms with Crippen molar-refractivity contribution in [2.45, 2.75) is 0 Å². The highest BCUT2D eigenvalue weighted by molar-refractivity contribution is 5.91. The van der Waals surface area contributed by atoms with Gasteiger partial charge in [0.2, 0.25) is 0 Å². The first-order valence-electron chi connectivity index (χ1n) is 7.43. The Bertz CT molecular complexity index is 644. The predicted octanol–water partition coefficient (Wildman–Crippen LogP) is 0.198. The number of amides is 4. The lowest BCUT2D eigenvalue weighted by molar-refractivity contribution is -0.384. The van der Waals surface area contributed by atoms with Crippen molar-refractivity contribution in [3.63, 3.8) is 0 Å². The van der Waals surface area contributed by atoms with E-state index in [0.29, 0.717) is 32.0 Å². The molecule has 2 rings (SSSR count). The van der Waals surface area contributed by atoms with Gasteiger partial charge in [-0.15, -0.1) is 0 Å². The minimum absolute atomic E-state index is 0.0958. The first-order chi connectivity index (χ1) is 12.3. The zero-order valence-electron chi connectivity index (χ0n) is 13.7. The van der Waals surface area contributed by atoms with Crippen molar-refractivity contribution in [3.05, 3.63) is 34.4 Å². The number of aliphatic carboxylic acids is 1. The van der Waals surface area contributed by atoms with E-state index in [1.54, 1.807) is 4.90 Å². The molecule has 0 aliphatic carbocycles. The van der Waals surface area contributed by atoms with Crippen LogP contribution in [0.5, 0.6) is 0 Å². The van der Waals surface area contributed by atoms with E-state index in [1.807, 2.05) is 0 Å². The number of carbonyl (C=O) groups excluding carboxylic acids is 2. The third kappa shape index (κ3) is 7.92. The van der Waals surface area contributed by atoms with Crippen LogP contribution >= 0.6 is 0 Å². The van der Waals surface area contributed by atoms with Crippen LogP contribution in [0.4, 0.5) is 21.0 Å². The number of anilines is 1. The van der Waals surface area contributed by atoms with Gasteiger partial charge in [0.15, 0.2) is 0 Å². The molecule has 1 aromatic rings. The molecule has 1 heterocycles. The lowest BCUT2D eigenvalue weighted by Crippen LogP contribution is -2.43. The number of hydrogen-bond acceptors (Lipinski definition) is 6. The fraction of sp³-hybridized carbons (Fsp3) is 0.357. The molecule has 1 saturated heterocycles. The number of hydrogen-bond donors (Lipinski definition) is 4. The summed E-state index contributed by atoms with van der Waals surface area (Å²) in [6.07, 6.45) is 0. The van der Waals surface area contributed by atoms with Gasteiger partial charge in [0, 0.05) is 30.9 Å². The summed E-state index contributed by atoms with van der Waals surface area (Å²) in [6, 6.07) is 4.11. The molecule has 0 radical (unpaired) electrons. The number of ether oxygens (including phenoxy) is 1.